The van der Waals surface area contributed by atoms with Crippen molar-refractivity contribution in [2.75, 3.05) is 12.4 Å². The van der Waals surface area contributed by atoms with Gasteiger partial charge in [-0.15, -0.1) is 11.3 Å². The zero-order valence-electron chi connectivity index (χ0n) is 14.7. The highest BCUT2D eigenvalue weighted by atomic mass is 32.1. The standard InChI is InChI=1S/C20H20N2O3S/c1-3-4-17-18(13-7-11-16(25-2)12-8-13)22-20(26-17)21-15-9-5-14(6-10-15)19(23)24/h5-12H,3-4H2,1-2H3,(H,21,22)(H,23,24). The maximum absolute atomic E-state index is 11.0. The molecule has 5 nitrogen and oxygen atoms in total. The summed E-state index contributed by atoms with van der Waals surface area (Å²) in [5.41, 5.74) is 3.11. The molecular formula is C20H20N2O3S. The van der Waals surface area contributed by atoms with E-state index in [-0.39, 0.29) is 5.56 Å². The van der Waals surface area contributed by atoms with E-state index >= 15 is 0 Å². The molecule has 2 aromatic carbocycles. The van der Waals surface area contributed by atoms with Gasteiger partial charge in [0.25, 0.3) is 0 Å². The molecule has 0 aliphatic carbocycles. The number of carboxylic acids is 1. The summed E-state index contributed by atoms with van der Waals surface area (Å²) in [5, 5.41) is 13.1. The Morgan fingerprint density at radius 3 is 2.42 bits per heavy atom. The minimum absolute atomic E-state index is 0.264. The van der Waals surface area contributed by atoms with E-state index in [9.17, 15) is 4.79 Å². The first-order valence-electron chi connectivity index (χ1n) is 8.35. The van der Waals surface area contributed by atoms with Crippen LogP contribution in [0.15, 0.2) is 48.5 Å². The number of hydrogen-bond acceptors (Lipinski definition) is 5. The fourth-order valence-electron chi connectivity index (χ4n) is 2.60. The Morgan fingerprint density at radius 1 is 1.15 bits per heavy atom. The molecule has 0 aliphatic rings. The summed E-state index contributed by atoms with van der Waals surface area (Å²) in [5.74, 6) is -0.115. The molecular weight excluding hydrogens is 348 g/mol. The molecule has 1 heterocycles. The second-order valence-electron chi connectivity index (χ2n) is 5.78. The summed E-state index contributed by atoms with van der Waals surface area (Å²) in [6.45, 7) is 2.15. The molecule has 0 atom stereocenters. The third-order valence-electron chi connectivity index (χ3n) is 3.92. The average Bonchev–Trinajstić information content (AvgIpc) is 3.05. The first-order chi connectivity index (χ1) is 12.6. The normalized spacial score (nSPS) is 10.5. The van der Waals surface area contributed by atoms with E-state index in [0.717, 1.165) is 40.7 Å². The van der Waals surface area contributed by atoms with Crippen LogP contribution in [0.25, 0.3) is 11.3 Å². The van der Waals surface area contributed by atoms with Crippen LogP contribution in [0.3, 0.4) is 0 Å². The minimum atomic E-state index is -0.933. The maximum atomic E-state index is 11.0. The third-order valence-corrected chi connectivity index (χ3v) is 4.95. The van der Waals surface area contributed by atoms with E-state index in [4.69, 9.17) is 14.8 Å². The predicted molar refractivity (Wildman–Crippen MR) is 105 cm³/mol. The lowest BCUT2D eigenvalue weighted by Crippen LogP contribution is -1.96. The van der Waals surface area contributed by atoms with E-state index in [1.54, 1.807) is 42.7 Å². The van der Waals surface area contributed by atoms with E-state index in [0.29, 0.717) is 0 Å². The number of thiazole rings is 1. The molecule has 1 aromatic heterocycles. The number of carbonyl (C=O) groups is 1. The predicted octanol–water partition coefficient (Wildman–Crippen LogP) is 5.21. The minimum Gasteiger partial charge on any atom is -0.497 e. The Balaban J connectivity index is 1.87. The monoisotopic (exact) mass is 368 g/mol. The topological polar surface area (TPSA) is 71.5 Å². The second kappa shape index (κ2) is 8.01. The van der Waals surface area contributed by atoms with Crippen molar-refractivity contribution in [1.29, 1.82) is 0 Å². The van der Waals surface area contributed by atoms with Crippen molar-refractivity contribution < 1.29 is 14.6 Å². The number of nitrogens with zero attached hydrogens (tertiary/aromatic N) is 1. The lowest BCUT2D eigenvalue weighted by atomic mass is 10.1. The van der Waals surface area contributed by atoms with Gasteiger partial charge in [-0.25, -0.2) is 9.78 Å². The van der Waals surface area contributed by atoms with Crippen molar-refractivity contribution >= 4 is 28.1 Å². The van der Waals surface area contributed by atoms with Crippen molar-refractivity contribution in [1.82, 2.24) is 4.98 Å². The molecule has 2 N–H and O–H groups in total. The van der Waals surface area contributed by atoms with Crippen LogP contribution in [0.2, 0.25) is 0 Å². The van der Waals surface area contributed by atoms with Gasteiger partial charge in [0.15, 0.2) is 5.13 Å². The van der Waals surface area contributed by atoms with Gasteiger partial charge in [0, 0.05) is 16.1 Å². The van der Waals surface area contributed by atoms with Crippen molar-refractivity contribution in [2.24, 2.45) is 0 Å². The molecule has 6 heteroatoms. The van der Waals surface area contributed by atoms with Crippen LogP contribution < -0.4 is 10.1 Å². The molecule has 3 rings (SSSR count). The second-order valence-corrected chi connectivity index (χ2v) is 6.86. The van der Waals surface area contributed by atoms with Crippen molar-refractivity contribution in [3.63, 3.8) is 0 Å². The molecule has 26 heavy (non-hydrogen) atoms. The number of anilines is 2. The number of nitrogens with one attached hydrogen (secondary N) is 1. The van der Waals surface area contributed by atoms with Crippen LogP contribution in [0.4, 0.5) is 10.8 Å². The lowest BCUT2D eigenvalue weighted by molar-refractivity contribution is 0.0697. The Hall–Kier alpha value is -2.86. The van der Waals surface area contributed by atoms with Gasteiger partial charge in [-0.2, -0.15) is 0 Å². The number of rotatable bonds is 7. The van der Waals surface area contributed by atoms with E-state index in [1.807, 2.05) is 24.3 Å². The summed E-state index contributed by atoms with van der Waals surface area (Å²) >= 11 is 1.62. The van der Waals surface area contributed by atoms with Crippen LogP contribution in [0, 0.1) is 0 Å². The largest absolute Gasteiger partial charge is 0.497 e. The third kappa shape index (κ3) is 4.03. The van der Waals surface area contributed by atoms with Crippen LogP contribution in [0.5, 0.6) is 5.75 Å². The number of aromatic carboxylic acids is 1. The number of benzene rings is 2. The highest BCUT2D eigenvalue weighted by molar-refractivity contribution is 7.16. The first kappa shape index (κ1) is 17.9. The van der Waals surface area contributed by atoms with Gasteiger partial charge >= 0.3 is 5.97 Å². The van der Waals surface area contributed by atoms with Crippen molar-refractivity contribution in [3.8, 4) is 17.0 Å². The molecule has 0 unspecified atom stereocenters. The Labute approximate surface area is 156 Å². The van der Waals surface area contributed by atoms with Gasteiger partial charge in [-0.3, -0.25) is 0 Å². The molecule has 134 valence electrons. The number of aryl methyl sites for hydroxylation is 1. The molecule has 0 aliphatic heterocycles. The summed E-state index contributed by atoms with van der Waals surface area (Å²) in [4.78, 5) is 16.9. The summed E-state index contributed by atoms with van der Waals surface area (Å²) in [7, 11) is 1.65. The maximum Gasteiger partial charge on any atom is 0.335 e. The van der Waals surface area contributed by atoms with Gasteiger partial charge in [0.2, 0.25) is 0 Å². The molecule has 0 saturated heterocycles. The molecule has 0 bridgehead atoms. The smallest absolute Gasteiger partial charge is 0.335 e. The number of aromatic nitrogens is 1. The average molecular weight is 368 g/mol. The molecule has 0 saturated carbocycles. The summed E-state index contributed by atoms with van der Waals surface area (Å²) < 4.78 is 5.22. The number of carboxylic acid groups (broad SMARTS) is 1. The Bertz CT molecular complexity index is 886. The van der Waals surface area contributed by atoms with Gasteiger partial charge in [-0.1, -0.05) is 13.3 Å². The van der Waals surface area contributed by atoms with Crippen LogP contribution in [-0.4, -0.2) is 23.2 Å². The zero-order chi connectivity index (χ0) is 18.5. The van der Waals surface area contributed by atoms with E-state index in [2.05, 4.69) is 12.2 Å². The van der Waals surface area contributed by atoms with Gasteiger partial charge in [0.05, 0.1) is 18.4 Å². The zero-order valence-corrected chi connectivity index (χ0v) is 15.5. The quantitative estimate of drug-likeness (QED) is 0.599. The molecule has 0 amide bonds. The number of ether oxygens (including phenoxy) is 1. The van der Waals surface area contributed by atoms with Gasteiger partial charge < -0.3 is 15.2 Å². The molecule has 0 fully saturated rings. The SMILES string of the molecule is CCCc1sc(Nc2ccc(C(=O)O)cc2)nc1-c1ccc(OC)cc1. The first-order valence-corrected chi connectivity index (χ1v) is 9.17. The summed E-state index contributed by atoms with van der Waals surface area (Å²) in [6, 6.07) is 14.5. The Morgan fingerprint density at radius 2 is 1.85 bits per heavy atom. The molecule has 3 aromatic rings. The van der Waals surface area contributed by atoms with E-state index < -0.39 is 5.97 Å². The highest BCUT2D eigenvalue weighted by Crippen LogP contribution is 2.34. The van der Waals surface area contributed by atoms with Crippen LogP contribution in [-0.2, 0) is 6.42 Å². The fraction of sp³-hybridized carbons (Fsp3) is 0.200. The molecule has 0 spiro atoms. The van der Waals surface area contributed by atoms with Crippen LogP contribution >= 0.6 is 11.3 Å². The van der Waals surface area contributed by atoms with Crippen LogP contribution in [0.1, 0.15) is 28.6 Å². The van der Waals surface area contributed by atoms with Gasteiger partial charge in [0.1, 0.15) is 5.75 Å². The highest BCUT2D eigenvalue weighted by Gasteiger charge is 2.13. The van der Waals surface area contributed by atoms with Crippen molar-refractivity contribution in [3.05, 3.63) is 59.0 Å². The summed E-state index contributed by atoms with van der Waals surface area (Å²) in [6.07, 6.45) is 2.00. The fourth-order valence-corrected chi connectivity index (χ4v) is 3.70. The Kier molecular flexibility index (Phi) is 5.53. The van der Waals surface area contributed by atoms with Crippen molar-refractivity contribution in [2.45, 2.75) is 19.8 Å². The van der Waals surface area contributed by atoms with Gasteiger partial charge in [-0.05, 0) is 55.0 Å². The lowest BCUT2D eigenvalue weighted by Gasteiger charge is -2.03. The molecule has 0 radical (unpaired) electrons. The number of hydrogen-bond donors (Lipinski definition) is 2. The van der Waals surface area contributed by atoms with E-state index in [1.165, 1.54) is 4.88 Å². The number of methoxy groups -OCH3 is 1.